The Morgan fingerprint density at radius 3 is 2.60 bits per heavy atom. The summed E-state index contributed by atoms with van der Waals surface area (Å²) in [5, 5.41) is 3.63. The van der Waals surface area contributed by atoms with Gasteiger partial charge in [0.05, 0.1) is 0 Å². The van der Waals surface area contributed by atoms with Crippen molar-refractivity contribution in [3.63, 3.8) is 0 Å². The number of nitrogens with one attached hydrogen (secondary N) is 1. The summed E-state index contributed by atoms with van der Waals surface area (Å²) in [5.41, 5.74) is 5.93. The summed E-state index contributed by atoms with van der Waals surface area (Å²) in [7, 11) is 0. The van der Waals surface area contributed by atoms with E-state index in [2.05, 4.69) is 22.2 Å². The van der Waals surface area contributed by atoms with E-state index in [1.807, 2.05) is 6.07 Å². The van der Waals surface area contributed by atoms with Gasteiger partial charge in [-0.15, -0.1) is 0 Å². The molecule has 1 unspecified atom stereocenters. The van der Waals surface area contributed by atoms with Crippen LogP contribution in [0.3, 0.4) is 0 Å². The average Bonchev–Trinajstić information content (AvgIpc) is 3.30. The van der Waals surface area contributed by atoms with Gasteiger partial charge in [-0.25, -0.2) is 9.97 Å². The van der Waals surface area contributed by atoms with Crippen molar-refractivity contribution in [3.8, 4) is 0 Å². The molecule has 1 aromatic rings. The van der Waals surface area contributed by atoms with Gasteiger partial charge in [0.15, 0.2) is 0 Å². The fraction of sp³-hybridized carbons (Fsp3) is 0.750. The van der Waals surface area contributed by atoms with Crippen molar-refractivity contribution in [2.75, 3.05) is 11.1 Å². The zero-order chi connectivity index (χ0) is 13.9. The Morgan fingerprint density at radius 2 is 1.95 bits per heavy atom. The van der Waals surface area contributed by atoms with E-state index < -0.39 is 0 Å². The minimum Gasteiger partial charge on any atom is -0.384 e. The lowest BCUT2D eigenvalue weighted by atomic mass is 9.83. The van der Waals surface area contributed by atoms with Crippen LogP contribution in [0.2, 0.25) is 0 Å². The van der Waals surface area contributed by atoms with Crippen molar-refractivity contribution in [2.45, 2.75) is 70.3 Å². The highest BCUT2D eigenvalue weighted by atomic mass is 15.1. The van der Waals surface area contributed by atoms with Gasteiger partial charge in [0.25, 0.3) is 0 Å². The molecule has 110 valence electrons. The summed E-state index contributed by atoms with van der Waals surface area (Å²) in [6, 6.07) is 2.41. The van der Waals surface area contributed by atoms with Crippen LogP contribution in [0.5, 0.6) is 0 Å². The molecule has 1 atom stereocenters. The zero-order valence-corrected chi connectivity index (χ0v) is 12.4. The first-order valence-corrected chi connectivity index (χ1v) is 8.17. The SMILES string of the molecule is CCC(Nc1cc(N)nc(C2CC2)n1)C1CCCCC1. The van der Waals surface area contributed by atoms with Crippen LogP contribution in [0.4, 0.5) is 11.6 Å². The van der Waals surface area contributed by atoms with E-state index in [1.54, 1.807) is 0 Å². The van der Waals surface area contributed by atoms with Gasteiger partial charge < -0.3 is 11.1 Å². The van der Waals surface area contributed by atoms with E-state index in [-0.39, 0.29) is 0 Å². The fourth-order valence-electron chi connectivity index (χ4n) is 3.36. The molecule has 2 saturated carbocycles. The smallest absolute Gasteiger partial charge is 0.136 e. The lowest BCUT2D eigenvalue weighted by Crippen LogP contribution is -2.30. The molecule has 0 aliphatic heterocycles. The summed E-state index contributed by atoms with van der Waals surface area (Å²) in [6.45, 7) is 2.26. The molecule has 0 saturated heterocycles. The predicted molar refractivity (Wildman–Crippen MR) is 82.7 cm³/mol. The van der Waals surface area contributed by atoms with E-state index in [4.69, 9.17) is 5.73 Å². The van der Waals surface area contributed by atoms with Gasteiger partial charge in [0.2, 0.25) is 0 Å². The molecule has 4 nitrogen and oxygen atoms in total. The summed E-state index contributed by atoms with van der Waals surface area (Å²) < 4.78 is 0. The van der Waals surface area contributed by atoms with Crippen LogP contribution in [0.15, 0.2) is 6.07 Å². The van der Waals surface area contributed by atoms with E-state index in [0.29, 0.717) is 17.8 Å². The monoisotopic (exact) mass is 274 g/mol. The Labute approximate surface area is 121 Å². The van der Waals surface area contributed by atoms with Gasteiger partial charge in [-0.2, -0.15) is 0 Å². The van der Waals surface area contributed by atoms with Crippen molar-refractivity contribution in [1.82, 2.24) is 9.97 Å². The van der Waals surface area contributed by atoms with Crippen molar-refractivity contribution in [2.24, 2.45) is 5.92 Å². The topological polar surface area (TPSA) is 63.8 Å². The van der Waals surface area contributed by atoms with Crippen LogP contribution in [-0.2, 0) is 0 Å². The molecule has 1 aromatic heterocycles. The number of nitrogens with two attached hydrogens (primary N) is 1. The molecule has 3 N–H and O–H groups in total. The van der Waals surface area contributed by atoms with Gasteiger partial charge in [0, 0.05) is 18.0 Å². The minimum atomic E-state index is 0.525. The Morgan fingerprint density at radius 1 is 1.20 bits per heavy atom. The van der Waals surface area contributed by atoms with Gasteiger partial charge in [-0.1, -0.05) is 26.2 Å². The molecule has 0 radical (unpaired) electrons. The van der Waals surface area contributed by atoms with Gasteiger partial charge >= 0.3 is 0 Å². The molecule has 2 aliphatic rings. The van der Waals surface area contributed by atoms with Gasteiger partial charge in [-0.3, -0.25) is 0 Å². The molecular formula is C16H26N4. The Bertz CT molecular complexity index is 450. The maximum absolute atomic E-state index is 5.93. The highest BCUT2D eigenvalue weighted by Gasteiger charge is 2.28. The van der Waals surface area contributed by atoms with Gasteiger partial charge in [-0.05, 0) is 38.0 Å². The lowest BCUT2D eigenvalue weighted by molar-refractivity contribution is 0.312. The first-order valence-electron chi connectivity index (χ1n) is 8.17. The van der Waals surface area contributed by atoms with Crippen molar-refractivity contribution < 1.29 is 0 Å². The second-order valence-corrected chi connectivity index (χ2v) is 6.37. The molecule has 0 bridgehead atoms. The van der Waals surface area contributed by atoms with Crippen LogP contribution >= 0.6 is 0 Å². The summed E-state index contributed by atoms with van der Waals surface area (Å²) in [5.74, 6) is 3.80. The summed E-state index contributed by atoms with van der Waals surface area (Å²) >= 11 is 0. The first-order chi connectivity index (χ1) is 9.76. The molecule has 1 heterocycles. The second kappa shape index (κ2) is 5.98. The van der Waals surface area contributed by atoms with E-state index >= 15 is 0 Å². The van der Waals surface area contributed by atoms with E-state index in [0.717, 1.165) is 24.0 Å². The third kappa shape index (κ3) is 3.22. The quantitative estimate of drug-likeness (QED) is 0.859. The van der Waals surface area contributed by atoms with Crippen LogP contribution in [0.1, 0.15) is 70.0 Å². The number of hydrogen-bond donors (Lipinski definition) is 2. The first kappa shape index (κ1) is 13.7. The molecule has 3 rings (SSSR count). The van der Waals surface area contributed by atoms with Crippen LogP contribution in [0, 0.1) is 5.92 Å². The largest absolute Gasteiger partial charge is 0.384 e. The standard InChI is InChI=1S/C16H26N4/c1-2-13(11-6-4-3-5-7-11)18-15-10-14(17)19-16(20-15)12-8-9-12/h10-13H,2-9H2,1H3,(H3,17,18,19,20). The number of nitrogens with zero attached hydrogens (tertiary/aromatic N) is 2. The fourth-order valence-corrected chi connectivity index (χ4v) is 3.36. The maximum Gasteiger partial charge on any atom is 0.136 e. The third-order valence-electron chi connectivity index (χ3n) is 4.70. The highest BCUT2D eigenvalue weighted by molar-refractivity contribution is 5.46. The predicted octanol–water partition coefficient (Wildman–Crippen LogP) is 3.71. The highest BCUT2D eigenvalue weighted by Crippen LogP contribution is 2.39. The number of aromatic nitrogens is 2. The molecule has 2 aliphatic carbocycles. The summed E-state index contributed by atoms with van der Waals surface area (Å²) in [6.07, 6.45) is 10.4. The van der Waals surface area contributed by atoms with Crippen LogP contribution < -0.4 is 11.1 Å². The Balaban J connectivity index is 1.71. The molecule has 0 aromatic carbocycles. The molecule has 4 heteroatoms. The number of rotatable bonds is 5. The lowest BCUT2D eigenvalue weighted by Gasteiger charge is -2.30. The van der Waals surface area contributed by atoms with E-state index in [9.17, 15) is 0 Å². The normalized spacial score (nSPS) is 21.6. The molecule has 0 amide bonds. The van der Waals surface area contributed by atoms with Gasteiger partial charge in [0.1, 0.15) is 17.5 Å². The van der Waals surface area contributed by atoms with Crippen molar-refractivity contribution in [1.29, 1.82) is 0 Å². The number of hydrogen-bond acceptors (Lipinski definition) is 4. The molecule has 20 heavy (non-hydrogen) atoms. The second-order valence-electron chi connectivity index (χ2n) is 6.37. The van der Waals surface area contributed by atoms with Crippen molar-refractivity contribution in [3.05, 3.63) is 11.9 Å². The zero-order valence-electron chi connectivity index (χ0n) is 12.4. The maximum atomic E-state index is 5.93. The average molecular weight is 274 g/mol. The van der Waals surface area contributed by atoms with E-state index in [1.165, 1.54) is 44.9 Å². The van der Waals surface area contributed by atoms with Crippen LogP contribution in [0.25, 0.3) is 0 Å². The molecule has 0 spiro atoms. The van der Waals surface area contributed by atoms with Crippen LogP contribution in [-0.4, -0.2) is 16.0 Å². The molecule has 2 fully saturated rings. The summed E-state index contributed by atoms with van der Waals surface area (Å²) in [4.78, 5) is 9.04. The molecular weight excluding hydrogens is 248 g/mol. The Kier molecular flexibility index (Phi) is 4.08. The number of anilines is 2. The number of nitrogen functional groups attached to an aromatic ring is 1. The minimum absolute atomic E-state index is 0.525. The third-order valence-corrected chi connectivity index (χ3v) is 4.70. The Hall–Kier alpha value is -1.32. The van der Waals surface area contributed by atoms with Crippen molar-refractivity contribution >= 4 is 11.6 Å².